The number of nitrogens with zero attached hydrogens (tertiary/aromatic N) is 3. The van der Waals surface area contributed by atoms with E-state index in [-0.39, 0.29) is 6.42 Å². The number of carbonyl (C=O) groups is 2. The third-order valence-corrected chi connectivity index (χ3v) is 5.19. The van der Waals surface area contributed by atoms with E-state index in [1.54, 1.807) is 36.4 Å². The van der Waals surface area contributed by atoms with Gasteiger partial charge in [0.15, 0.2) is 0 Å². The van der Waals surface area contributed by atoms with Crippen molar-refractivity contribution >= 4 is 11.9 Å². The van der Waals surface area contributed by atoms with Gasteiger partial charge in [0, 0.05) is 23.5 Å². The molecule has 2 N–H and O–H groups in total. The number of carboxylic acids is 2. The minimum atomic E-state index is -1.49. The minimum absolute atomic E-state index is 0.204. The summed E-state index contributed by atoms with van der Waals surface area (Å²) in [5.74, 6) is -2.12. The normalized spacial score (nSPS) is 22.9. The van der Waals surface area contributed by atoms with Crippen LogP contribution in [0, 0.1) is 0 Å². The molecule has 2 unspecified atom stereocenters. The van der Waals surface area contributed by atoms with Crippen LogP contribution < -0.4 is 0 Å². The maximum atomic E-state index is 12.5. The van der Waals surface area contributed by atoms with Crippen molar-refractivity contribution < 1.29 is 19.8 Å². The van der Waals surface area contributed by atoms with Crippen LogP contribution >= 0.6 is 0 Å². The van der Waals surface area contributed by atoms with E-state index in [0.29, 0.717) is 11.1 Å². The number of benzene rings is 1. The Hall–Kier alpha value is -2.80. The fourth-order valence-corrected chi connectivity index (χ4v) is 4.25. The summed E-state index contributed by atoms with van der Waals surface area (Å²) in [5.41, 5.74) is 0.657. The van der Waals surface area contributed by atoms with Crippen molar-refractivity contribution in [3.8, 4) is 11.1 Å². The Morgan fingerprint density at radius 2 is 1.81 bits per heavy atom. The van der Waals surface area contributed by atoms with Crippen LogP contribution in [0.2, 0.25) is 0 Å². The van der Waals surface area contributed by atoms with E-state index >= 15 is 0 Å². The lowest BCUT2D eigenvalue weighted by Crippen LogP contribution is -2.66. The van der Waals surface area contributed by atoms with E-state index in [1.165, 1.54) is 6.33 Å². The molecule has 1 aliphatic heterocycles. The summed E-state index contributed by atoms with van der Waals surface area (Å²) in [5, 5.41) is 20.1. The predicted octanol–water partition coefficient (Wildman–Crippen LogP) is 2.55. The summed E-state index contributed by atoms with van der Waals surface area (Å²) in [7, 11) is 0. The van der Waals surface area contributed by atoms with Gasteiger partial charge >= 0.3 is 11.9 Å². The van der Waals surface area contributed by atoms with Gasteiger partial charge in [0.25, 0.3) is 0 Å². The van der Waals surface area contributed by atoms with Crippen LogP contribution in [0.1, 0.15) is 38.8 Å². The molecule has 1 aromatic carbocycles. The predicted molar refractivity (Wildman–Crippen MR) is 99.2 cm³/mol. The molecule has 1 aromatic heterocycles. The van der Waals surface area contributed by atoms with Gasteiger partial charge in [0.1, 0.15) is 17.9 Å². The quantitative estimate of drug-likeness (QED) is 0.857. The number of fused-ring (bicyclic) bond motifs is 1. The number of hydrogen-bond acceptors (Lipinski definition) is 5. The molecule has 0 saturated heterocycles. The van der Waals surface area contributed by atoms with Crippen molar-refractivity contribution in [2.45, 2.75) is 51.2 Å². The van der Waals surface area contributed by atoms with Crippen molar-refractivity contribution in [1.29, 1.82) is 0 Å². The molecule has 0 saturated carbocycles. The maximum absolute atomic E-state index is 12.5. The van der Waals surface area contributed by atoms with Crippen LogP contribution in [0.4, 0.5) is 0 Å². The highest BCUT2D eigenvalue weighted by Gasteiger charge is 2.55. The summed E-state index contributed by atoms with van der Waals surface area (Å²) in [4.78, 5) is 34.2. The topological polar surface area (TPSA) is 104 Å². The molecule has 142 valence electrons. The molecule has 27 heavy (non-hydrogen) atoms. The Morgan fingerprint density at radius 3 is 2.33 bits per heavy atom. The SMILES string of the molecule is CC(C)(C)N1C(C(=O)O)Cc2c(-c3cncnc3)cccc2C1(C)C(=O)O. The second-order valence-electron chi connectivity index (χ2n) is 7.94. The summed E-state index contributed by atoms with van der Waals surface area (Å²) < 4.78 is 0. The Morgan fingerprint density at radius 1 is 1.19 bits per heavy atom. The Bertz CT molecular complexity index is 892. The van der Waals surface area contributed by atoms with Crippen molar-refractivity contribution in [1.82, 2.24) is 14.9 Å². The summed E-state index contributed by atoms with van der Waals surface area (Å²) in [6.07, 6.45) is 4.91. The van der Waals surface area contributed by atoms with Crippen LogP contribution in [0.3, 0.4) is 0 Å². The van der Waals surface area contributed by atoms with Crippen molar-refractivity contribution in [3.63, 3.8) is 0 Å². The number of aromatic nitrogens is 2. The molecule has 0 amide bonds. The van der Waals surface area contributed by atoms with E-state index in [4.69, 9.17) is 0 Å². The van der Waals surface area contributed by atoms with E-state index < -0.39 is 29.1 Å². The zero-order chi connectivity index (χ0) is 20.0. The zero-order valence-electron chi connectivity index (χ0n) is 15.8. The van der Waals surface area contributed by atoms with E-state index in [9.17, 15) is 19.8 Å². The van der Waals surface area contributed by atoms with E-state index in [1.807, 2.05) is 26.8 Å². The summed E-state index contributed by atoms with van der Waals surface area (Å²) in [6.45, 7) is 7.10. The minimum Gasteiger partial charge on any atom is -0.480 e. The highest BCUT2D eigenvalue weighted by molar-refractivity contribution is 5.86. The standard InChI is InChI=1S/C20H23N3O4/c1-19(2,3)23-16(17(24)25)8-14-13(12-9-21-11-22-10-12)6-5-7-15(14)20(23,4)18(26)27/h5-7,9-11,16H,8H2,1-4H3,(H,24,25)(H,26,27). The second-order valence-corrected chi connectivity index (χ2v) is 7.94. The third kappa shape index (κ3) is 2.98. The molecule has 0 fully saturated rings. The highest BCUT2D eigenvalue weighted by Crippen LogP contribution is 2.45. The van der Waals surface area contributed by atoms with Crippen LogP contribution in [0.5, 0.6) is 0 Å². The Labute approximate surface area is 157 Å². The van der Waals surface area contributed by atoms with Crippen molar-refractivity contribution in [2.75, 3.05) is 0 Å². The van der Waals surface area contributed by atoms with Crippen molar-refractivity contribution in [2.24, 2.45) is 0 Å². The molecule has 0 spiro atoms. The van der Waals surface area contributed by atoms with Gasteiger partial charge < -0.3 is 10.2 Å². The third-order valence-electron chi connectivity index (χ3n) is 5.19. The molecule has 7 heteroatoms. The van der Waals surface area contributed by atoms with Gasteiger partial charge in [-0.15, -0.1) is 0 Å². The van der Waals surface area contributed by atoms with Crippen molar-refractivity contribution in [3.05, 3.63) is 48.0 Å². The van der Waals surface area contributed by atoms with Gasteiger partial charge in [0.05, 0.1) is 0 Å². The van der Waals surface area contributed by atoms with Crippen LogP contribution in [-0.4, -0.2) is 48.6 Å². The molecule has 3 rings (SSSR count). The summed E-state index contributed by atoms with van der Waals surface area (Å²) >= 11 is 0. The number of aliphatic carboxylic acids is 2. The first-order valence-electron chi connectivity index (χ1n) is 8.72. The lowest BCUT2D eigenvalue weighted by Gasteiger charge is -2.53. The molecular formula is C20H23N3O4. The Balaban J connectivity index is 2.34. The van der Waals surface area contributed by atoms with Gasteiger partial charge in [0.2, 0.25) is 0 Å². The van der Waals surface area contributed by atoms with E-state index in [2.05, 4.69) is 9.97 Å². The van der Waals surface area contributed by atoms with Gasteiger partial charge in [-0.2, -0.15) is 0 Å². The molecule has 2 heterocycles. The number of rotatable bonds is 3. The monoisotopic (exact) mass is 369 g/mol. The molecule has 0 aliphatic carbocycles. The molecule has 7 nitrogen and oxygen atoms in total. The van der Waals surface area contributed by atoms with E-state index in [0.717, 1.165) is 11.1 Å². The first-order chi connectivity index (χ1) is 12.6. The number of carboxylic acid groups (broad SMARTS) is 2. The fourth-order valence-electron chi connectivity index (χ4n) is 4.25. The first-order valence-corrected chi connectivity index (χ1v) is 8.72. The molecule has 0 radical (unpaired) electrons. The van der Waals surface area contributed by atoms with Crippen LogP contribution in [0.15, 0.2) is 36.9 Å². The van der Waals surface area contributed by atoms with Gasteiger partial charge in [-0.1, -0.05) is 18.2 Å². The highest BCUT2D eigenvalue weighted by atomic mass is 16.4. The zero-order valence-corrected chi connectivity index (χ0v) is 15.8. The lowest BCUT2D eigenvalue weighted by atomic mass is 9.74. The average molecular weight is 369 g/mol. The number of hydrogen-bond donors (Lipinski definition) is 2. The molecule has 1 aliphatic rings. The Kier molecular flexibility index (Phi) is 4.51. The molecular weight excluding hydrogens is 346 g/mol. The fraction of sp³-hybridized carbons (Fsp3) is 0.400. The second kappa shape index (κ2) is 6.42. The molecule has 2 atom stereocenters. The lowest BCUT2D eigenvalue weighted by molar-refractivity contribution is -0.168. The first kappa shape index (κ1) is 19.0. The molecule has 2 aromatic rings. The largest absolute Gasteiger partial charge is 0.480 e. The summed E-state index contributed by atoms with van der Waals surface area (Å²) in [6, 6.07) is 4.45. The molecule has 0 bridgehead atoms. The smallest absolute Gasteiger partial charge is 0.328 e. The maximum Gasteiger partial charge on any atom is 0.328 e. The average Bonchev–Trinajstić information content (AvgIpc) is 2.60. The van der Waals surface area contributed by atoms with Crippen LogP contribution in [0.25, 0.3) is 11.1 Å². The van der Waals surface area contributed by atoms with Gasteiger partial charge in [-0.25, -0.2) is 14.8 Å². The van der Waals surface area contributed by atoms with Gasteiger partial charge in [-0.3, -0.25) is 9.69 Å². The van der Waals surface area contributed by atoms with Crippen LogP contribution in [-0.2, 0) is 21.5 Å². The van der Waals surface area contributed by atoms with Gasteiger partial charge in [-0.05, 0) is 50.8 Å².